The Hall–Kier alpha value is -2.96. The maximum atomic E-state index is 12.9. The molecular formula is C23H18BrClN4O. The molecule has 0 aliphatic carbocycles. The lowest BCUT2D eigenvalue weighted by atomic mass is 10.2. The van der Waals surface area contributed by atoms with E-state index in [4.69, 9.17) is 11.6 Å². The molecule has 0 aliphatic heterocycles. The van der Waals surface area contributed by atoms with Crippen LogP contribution in [-0.2, 0) is 0 Å². The van der Waals surface area contributed by atoms with Crippen molar-refractivity contribution in [3.8, 4) is 17.1 Å². The lowest BCUT2D eigenvalue weighted by molar-refractivity contribution is 0.101. The minimum atomic E-state index is -0.397. The van der Waals surface area contributed by atoms with Crippen LogP contribution in [0, 0.1) is 13.8 Å². The highest BCUT2D eigenvalue weighted by Gasteiger charge is 2.20. The van der Waals surface area contributed by atoms with Crippen molar-refractivity contribution >= 4 is 39.1 Å². The summed E-state index contributed by atoms with van der Waals surface area (Å²) in [5, 5.41) is 7.99. The molecule has 30 heavy (non-hydrogen) atoms. The predicted molar refractivity (Wildman–Crippen MR) is 123 cm³/mol. The van der Waals surface area contributed by atoms with Crippen LogP contribution in [0.3, 0.4) is 0 Å². The molecule has 4 rings (SSSR count). The number of amides is 1. The zero-order valence-corrected chi connectivity index (χ0v) is 18.7. The number of halogens is 2. The Kier molecular flexibility index (Phi) is 5.70. The monoisotopic (exact) mass is 480 g/mol. The molecule has 7 heteroatoms. The number of rotatable bonds is 4. The van der Waals surface area contributed by atoms with Crippen LogP contribution in [0.5, 0.6) is 0 Å². The molecule has 0 bridgehead atoms. The highest BCUT2D eigenvalue weighted by atomic mass is 79.9. The summed E-state index contributed by atoms with van der Waals surface area (Å²) in [6.45, 7) is 3.85. The Morgan fingerprint density at radius 1 is 1.00 bits per heavy atom. The highest BCUT2D eigenvalue weighted by molar-refractivity contribution is 9.10. The Balaban J connectivity index is 1.79. The van der Waals surface area contributed by atoms with Crippen molar-refractivity contribution in [2.75, 3.05) is 5.32 Å². The summed E-state index contributed by atoms with van der Waals surface area (Å²) >= 11 is 9.63. The number of hydrogen-bond donors (Lipinski definition) is 1. The fourth-order valence-electron chi connectivity index (χ4n) is 3.08. The summed E-state index contributed by atoms with van der Waals surface area (Å²) in [5.74, 6) is 0.270. The molecule has 1 heterocycles. The van der Waals surface area contributed by atoms with Crippen LogP contribution in [-0.4, -0.2) is 20.7 Å². The SMILES string of the molecule is Cc1ccccc1-n1nc(C(=O)Nc2cccc(Cl)c2C)nc1-c1ccc(Br)cc1. The molecular weight excluding hydrogens is 464 g/mol. The van der Waals surface area contributed by atoms with Crippen molar-refractivity contribution in [2.24, 2.45) is 0 Å². The molecule has 5 nitrogen and oxygen atoms in total. The number of para-hydroxylation sites is 1. The molecule has 150 valence electrons. The Morgan fingerprint density at radius 2 is 1.73 bits per heavy atom. The second-order valence-electron chi connectivity index (χ2n) is 6.83. The van der Waals surface area contributed by atoms with Crippen LogP contribution in [0.1, 0.15) is 21.7 Å². The van der Waals surface area contributed by atoms with Gasteiger partial charge in [0.2, 0.25) is 5.82 Å². The van der Waals surface area contributed by atoms with Crippen LogP contribution in [0.4, 0.5) is 5.69 Å². The summed E-state index contributed by atoms with van der Waals surface area (Å²) in [5.41, 5.74) is 4.16. The van der Waals surface area contributed by atoms with Gasteiger partial charge < -0.3 is 5.32 Å². The van der Waals surface area contributed by atoms with E-state index in [0.717, 1.165) is 26.9 Å². The number of carbonyl (C=O) groups excluding carboxylic acids is 1. The lowest BCUT2D eigenvalue weighted by Gasteiger charge is -2.09. The van der Waals surface area contributed by atoms with Crippen molar-refractivity contribution in [1.29, 1.82) is 0 Å². The van der Waals surface area contributed by atoms with Gasteiger partial charge in [0, 0.05) is 20.7 Å². The first-order valence-electron chi connectivity index (χ1n) is 9.29. The zero-order valence-electron chi connectivity index (χ0n) is 16.4. The summed E-state index contributed by atoms with van der Waals surface area (Å²) in [6, 6.07) is 21.0. The van der Waals surface area contributed by atoms with Crippen molar-refractivity contribution < 1.29 is 4.79 Å². The molecule has 1 amide bonds. The molecule has 1 aromatic heterocycles. The van der Waals surface area contributed by atoms with E-state index in [-0.39, 0.29) is 5.82 Å². The van der Waals surface area contributed by atoms with Gasteiger partial charge in [-0.2, -0.15) is 0 Å². The van der Waals surface area contributed by atoms with E-state index in [1.54, 1.807) is 22.9 Å². The maximum Gasteiger partial charge on any atom is 0.295 e. The summed E-state index contributed by atoms with van der Waals surface area (Å²) in [6.07, 6.45) is 0. The Morgan fingerprint density at radius 3 is 2.47 bits per heavy atom. The molecule has 0 atom stereocenters. The third-order valence-electron chi connectivity index (χ3n) is 4.77. The van der Waals surface area contributed by atoms with Crippen LogP contribution >= 0.6 is 27.5 Å². The molecule has 0 unspecified atom stereocenters. The normalized spacial score (nSPS) is 10.8. The van der Waals surface area contributed by atoms with Gasteiger partial charge in [-0.25, -0.2) is 9.67 Å². The minimum Gasteiger partial charge on any atom is -0.319 e. The second-order valence-corrected chi connectivity index (χ2v) is 8.15. The van der Waals surface area contributed by atoms with Gasteiger partial charge >= 0.3 is 0 Å². The Bertz CT molecular complexity index is 1230. The third-order valence-corrected chi connectivity index (χ3v) is 5.71. The average Bonchev–Trinajstić information content (AvgIpc) is 3.17. The Labute approximate surface area is 187 Å². The van der Waals surface area contributed by atoms with E-state index >= 15 is 0 Å². The summed E-state index contributed by atoms with van der Waals surface area (Å²) in [4.78, 5) is 17.5. The smallest absolute Gasteiger partial charge is 0.295 e. The van der Waals surface area contributed by atoms with Crippen molar-refractivity contribution in [1.82, 2.24) is 14.8 Å². The van der Waals surface area contributed by atoms with Crippen molar-refractivity contribution in [3.05, 3.63) is 93.2 Å². The molecule has 0 aliphatic rings. The quantitative estimate of drug-likeness (QED) is 0.376. The second kappa shape index (κ2) is 8.42. The largest absolute Gasteiger partial charge is 0.319 e. The van der Waals surface area contributed by atoms with E-state index in [0.29, 0.717) is 16.5 Å². The standard InChI is InChI=1S/C23H18BrClN4O/c1-14-6-3-4-9-20(14)29-22(16-10-12-17(24)13-11-16)27-21(28-29)23(30)26-19-8-5-7-18(25)15(19)2/h3-13H,1-2H3,(H,26,30). The number of anilines is 1. The van der Waals surface area contributed by atoms with Gasteiger partial charge in [0.15, 0.2) is 5.82 Å². The van der Waals surface area contributed by atoms with Crippen LogP contribution in [0.15, 0.2) is 71.2 Å². The first-order valence-corrected chi connectivity index (χ1v) is 10.5. The predicted octanol–water partition coefficient (Wildman–Crippen LogP) is 6.22. The van der Waals surface area contributed by atoms with Crippen molar-refractivity contribution in [3.63, 3.8) is 0 Å². The zero-order chi connectivity index (χ0) is 21.3. The molecule has 4 aromatic rings. The first-order chi connectivity index (χ1) is 14.4. The fourth-order valence-corrected chi connectivity index (χ4v) is 3.52. The molecule has 1 N–H and O–H groups in total. The first kappa shape index (κ1) is 20.3. The van der Waals surface area contributed by atoms with Crippen LogP contribution in [0.25, 0.3) is 17.1 Å². The summed E-state index contributed by atoms with van der Waals surface area (Å²) in [7, 11) is 0. The molecule has 3 aromatic carbocycles. The number of carbonyl (C=O) groups is 1. The van der Waals surface area contributed by atoms with Gasteiger partial charge in [-0.15, -0.1) is 5.10 Å². The molecule has 0 saturated carbocycles. The number of nitrogens with one attached hydrogen (secondary N) is 1. The van der Waals surface area contributed by atoms with E-state index < -0.39 is 5.91 Å². The molecule has 0 radical (unpaired) electrons. The number of aromatic nitrogens is 3. The third kappa shape index (κ3) is 4.01. The van der Waals surface area contributed by atoms with E-state index in [1.165, 1.54) is 0 Å². The number of benzene rings is 3. The highest BCUT2D eigenvalue weighted by Crippen LogP contribution is 2.26. The minimum absolute atomic E-state index is 0.0792. The van der Waals surface area contributed by atoms with Crippen LogP contribution in [0.2, 0.25) is 5.02 Å². The topological polar surface area (TPSA) is 59.8 Å². The lowest BCUT2D eigenvalue weighted by Crippen LogP contribution is -2.15. The number of hydrogen-bond acceptors (Lipinski definition) is 3. The molecule has 0 fully saturated rings. The maximum absolute atomic E-state index is 12.9. The average molecular weight is 482 g/mol. The fraction of sp³-hybridized carbons (Fsp3) is 0.0870. The summed E-state index contributed by atoms with van der Waals surface area (Å²) < 4.78 is 2.67. The van der Waals surface area contributed by atoms with Gasteiger partial charge in [-0.05, 0) is 55.3 Å². The number of nitrogens with zero attached hydrogens (tertiary/aromatic N) is 3. The van der Waals surface area contributed by atoms with Gasteiger partial charge in [-0.1, -0.05) is 63.9 Å². The van der Waals surface area contributed by atoms with E-state index in [1.807, 2.05) is 62.4 Å². The van der Waals surface area contributed by atoms with Gasteiger partial charge in [0.1, 0.15) is 0 Å². The molecule has 0 spiro atoms. The van der Waals surface area contributed by atoms with Crippen LogP contribution < -0.4 is 5.32 Å². The van der Waals surface area contributed by atoms with E-state index in [9.17, 15) is 4.79 Å². The van der Waals surface area contributed by atoms with E-state index in [2.05, 4.69) is 31.3 Å². The van der Waals surface area contributed by atoms with Crippen molar-refractivity contribution in [2.45, 2.75) is 13.8 Å². The van der Waals surface area contributed by atoms with Gasteiger partial charge in [0.05, 0.1) is 5.69 Å². The molecule has 0 saturated heterocycles. The van der Waals surface area contributed by atoms with Gasteiger partial charge in [0.25, 0.3) is 5.91 Å². The number of aryl methyl sites for hydroxylation is 1. The van der Waals surface area contributed by atoms with Gasteiger partial charge in [-0.3, -0.25) is 4.79 Å².